The largest absolute Gasteiger partial charge is 0.480 e. The molecule has 3 N–H and O–H groups in total. The summed E-state index contributed by atoms with van der Waals surface area (Å²) in [6.45, 7) is 3.24. The SMILES string of the molecule is CCCCCCCCCCCCCCCCCC(=O)NCCN(CCO)CC(=O)O.[Na]. The quantitative estimate of drug-likeness (QED) is 0.159. The molecule has 31 heavy (non-hydrogen) atoms. The molecular formula is C24H48N2NaO4. The Morgan fingerprint density at radius 3 is 1.61 bits per heavy atom. The van der Waals surface area contributed by atoms with Crippen molar-refractivity contribution < 1.29 is 19.8 Å². The van der Waals surface area contributed by atoms with Crippen molar-refractivity contribution in [3.05, 3.63) is 0 Å². The molecule has 0 aromatic rings. The average Bonchev–Trinajstić information content (AvgIpc) is 2.70. The molecule has 0 aromatic heterocycles. The van der Waals surface area contributed by atoms with E-state index < -0.39 is 5.97 Å². The van der Waals surface area contributed by atoms with Crippen LogP contribution in [0.15, 0.2) is 0 Å². The van der Waals surface area contributed by atoms with Gasteiger partial charge < -0.3 is 15.5 Å². The number of rotatable bonds is 23. The summed E-state index contributed by atoms with van der Waals surface area (Å²) in [4.78, 5) is 24.2. The summed E-state index contributed by atoms with van der Waals surface area (Å²) in [5, 5.41) is 20.6. The molecule has 0 heterocycles. The molecule has 0 aliphatic heterocycles. The molecule has 179 valence electrons. The van der Waals surface area contributed by atoms with Crippen LogP contribution in [-0.4, -0.2) is 89.3 Å². The average molecular weight is 452 g/mol. The molecule has 0 saturated carbocycles. The number of carboxylic acids is 1. The van der Waals surface area contributed by atoms with Crippen molar-refractivity contribution in [3.8, 4) is 0 Å². The molecule has 0 aromatic carbocycles. The smallest absolute Gasteiger partial charge is 0.317 e. The molecule has 0 spiro atoms. The van der Waals surface area contributed by atoms with Crippen molar-refractivity contribution in [2.24, 2.45) is 0 Å². The zero-order valence-electron chi connectivity index (χ0n) is 20.5. The minimum Gasteiger partial charge on any atom is -0.480 e. The number of unbranched alkanes of at least 4 members (excludes halogenated alkanes) is 14. The first-order valence-corrected chi connectivity index (χ1v) is 12.4. The van der Waals surface area contributed by atoms with Gasteiger partial charge in [-0.15, -0.1) is 0 Å². The first kappa shape index (κ1) is 33.0. The van der Waals surface area contributed by atoms with Crippen LogP contribution in [0.4, 0.5) is 0 Å². The predicted octanol–water partition coefficient (Wildman–Crippen LogP) is 4.36. The van der Waals surface area contributed by atoms with Crippen LogP contribution in [0.2, 0.25) is 0 Å². The van der Waals surface area contributed by atoms with E-state index in [1.165, 1.54) is 83.5 Å². The first-order valence-electron chi connectivity index (χ1n) is 12.4. The van der Waals surface area contributed by atoms with Gasteiger partial charge in [-0.25, -0.2) is 0 Å². The van der Waals surface area contributed by atoms with Gasteiger partial charge in [0.25, 0.3) is 0 Å². The Morgan fingerprint density at radius 2 is 1.19 bits per heavy atom. The van der Waals surface area contributed by atoms with E-state index in [0.717, 1.165) is 12.8 Å². The van der Waals surface area contributed by atoms with Gasteiger partial charge >= 0.3 is 5.97 Å². The van der Waals surface area contributed by atoms with Crippen molar-refractivity contribution in [1.29, 1.82) is 0 Å². The van der Waals surface area contributed by atoms with Gasteiger partial charge in [-0.1, -0.05) is 96.8 Å². The van der Waals surface area contributed by atoms with E-state index in [0.29, 0.717) is 26.1 Å². The van der Waals surface area contributed by atoms with Gasteiger partial charge in [-0.3, -0.25) is 14.5 Å². The summed E-state index contributed by atoms with van der Waals surface area (Å²) in [7, 11) is 0. The van der Waals surface area contributed by atoms with Gasteiger partial charge in [0.05, 0.1) is 13.2 Å². The van der Waals surface area contributed by atoms with E-state index in [9.17, 15) is 9.59 Å². The number of hydrogen-bond acceptors (Lipinski definition) is 4. The molecule has 1 amide bonds. The number of nitrogens with zero attached hydrogens (tertiary/aromatic N) is 1. The maximum absolute atomic E-state index is 11.8. The Bertz CT molecular complexity index is 411. The normalized spacial score (nSPS) is 10.8. The van der Waals surface area contributed by atoms with Crippen LogP contribution in [0.3, 0.4) is 0 Å². The van der Waals surface area contributed by atoms with E-state index in [-0.39, 0.29) is 48.6 Å². The second-order valence-electron chi connectivity index (χ2n) is 8.44. The molecule has 0 fully saturated rings. The molecule has 0 aliphatic carbocycles. The second kappa shape index (κ2) is 26.1. The minimum absolute atomic E-state index is 0. The van der Waals surface area contributed by atoms with Gasteiger partial charge in [0.1, 0.15) is 0 Å². The maximum atomic E-state index is 11.8. The molecule has 0 bridgehead atoms. The van der Waals surface area contributed by atoms with Crippen LogP contribution < -0.4 is 5.32 Å². The standard InChI is InChI=1S/C24H48N2O4.Na/c1-2-3-4-5-6-7-8-9-10-11-12-13-14-15-16-17-23(28)25-18-19-26(20-21-27)22-24(29)30;/h27H,2-22H2,1H3,(H,25,28)(H,29,30);. The Hall–Kier alpha value is -0.140. The van der Waals surface area contributed by atoms with Gasteiger partial charge in [0, 0.05) is 55.6 Å². The molecule has 7 heteroatoms. The Labute approximate surface area is 213 Å². The van der Waals surface area contributed by atoms with E-state index in [1.54, 1.807) is 4.90 Å². The number of aliphatic hydroxyl groups is 1. The second-order valence-corrected chi connectivity index (χ2v) is 8.44. The van der Waals surface area contributed by atoms with Gasteiger partial charge in [-0.2, -0.15) is 0 Å². The van der Waals surface area contributed by atoms with Gasteiger partial charge in [0.15, 0.2) is 0 Å². The molecule has 6 nitrogen and oxygen atoms in total. The van der Waals surface area contributed by atoms with Gasteiger partial charge in [-0.05, 0) is 6.42 Å². The van der Waals surface area contributed by atoms with E-state index in [2.05, 4.69) is 12.2 Å². The van der Waals surface area contributed by atoms with E-state index in [1.807, 2.05) is 0 Å². The summed E-state index contributed by atoms with van der Waals surface area (Å²) in [6, 6.07) is 0. The van der Waals surface area contributed by atoms with Crippen molar-refractivity contribution in [1.82, 2.24) is 10.2 Å². The molecular weight excluding hydrogens is 403 g/mol. The Morgan fingerprint density at radius 1 is 0.742 bits per heavy atom. The van der Waals surface area contributed by atoms with Crippen LogP contribution in [0.5, 0.6) is 0 Å². The number of hydrogen-bond donors (Lipinski definition) is 3. The third kappa shape index (κ3) is 26.0. The summed E-state index contributed by atoms with van der Waals surface area (Å²) in [6.07, 6.45) is 20.2. The number of aliphatic hydroxyl groups excluding tert-OH is 1. The number of carboxylic acid groups (broad SMARTS) is 1. The van der Waals surface area contributed by atoms with Gasteiger partial charge in [0.2, 0.25) is 5.91 Å². The summed E-state index contributed by atoms with van der Waals surface area (Å²) in [5.74, 6) is -0.892. The molecule has 0 saturated heterocycles. The van der Waals surface area contributed by atoms with Crippen LogP contribution in [0, 0.1) is 0 Å². The Balaban J connectivity index is 0. The fraction of sp³-hybridized carbons (Fsp3) is 0.917. The first-order chi connectivity index (χ1) is 14.6. The zero-order chi connectivity index (χ0) is 22.3. The van der Waals surface area contributed by atoms with Crippen LogP contribution in [0.1, 0.15) is 110 Å². The summed E-state index contributed by atoms with van der Waals surface area (Å²) in [5.41, 5.74) is 0. The monoisotopic (exact) mass is 451 g/mol. The zero-order valence-corrected chi connectivity index (χ0v) is 22.5. The van der Waals surface area contributed by atoms with Crippen molar-refractivity contribution in [3.63, 3.8) is 0 Å². The number of carbonyl (C=O) groups is 2. The molecule has 0 aliphatic rings. The third-order valence-electron chi connectivity index (χ3n) is 5.53. The fourth-order valence-electron chi connectivity index (χ4n) is 3.70. The van der Waals surface area contributed by atoms with Crippen molar-refractivity contribution in [2.45, 2.75) is 110 Å². The van der Waals surface area contributed by atoms with Crippen molar-refractivity contribution >= 4 is 41.4 Å². The summed E-state index contributed by atoms with van der Waals surface area (Å²) >= 11 is 0. The molecule has 0 unspecified atom stereocenters. The topological polar surface area (TPSA) is 89.9 Å². The fourth-order valence-corrected chi connectivity index (χ4v) is 3.70. The van der Waals surface area contributed by atoms with Crippen LogP contribution >= 0.6 is 0 Å². The van der Waals surface area contributed by atoms with Crippen LogP contribution in [-0.2, 0) is 9.59 Å². The number of aliphatic carboxylic acids is 1. The van der Waals surface area contributed by atoms with Crippen LogP contribution in [0.25, 0.3) is 0 Å². The minimum atomic E-state index is -0.924. The number of amides is 1. The van der Waals surface area contributed by atoms with E-state index in [4.69, 9.17) is 10.2 Å². The molecule has 1 radical (unpaired) electrons. The summed E-state index contributed by atoms with van der Waals surface area (Å²) < 4.78 is 0. The predicted molar refractivity (Wildman–Crippen MR) is 129 cm³/mol. The van der Waals surface area contributed by atoms with Crippen molar-refractivity contribution in [2.75, 3.05) is 32.8 Å². The number of nitrogens with one attached hydrogen (secondary N) is 1. The maximum Gasteiger partial charge on any atom is 0.317 e. The Kier molecular flexibility index (Phi) is 27.8. The number of carbonyl (C=O) groups excluding carboxylic acids is 1. The molecule has 0 rings (SSSR count). The molecule has 0 atom stereocenters. The third-order valence-corrected chi connectivity index (χ3v) is 5.53. The van der Waals surface area contributed by atoms with E-state index >= 15 is 0 Å².